The summed E-state index contributed by atoms with van der Waals surface area (Å²) in [6.07, 6.45) is 4.00. The highest BCUT2D eigenvalue weighted by Gasteiger charge is 2.51. The lowest BCUT2D eigenvalue weighted by molar-refractivity contribution is -0.153. The average Bonchev–Trinajstić information content (AvgIpc) is 3.38. The first-order valence-corrected chi connectivity index (χ1v) is 9.46. The molecule has 3 unspecified atom stereocenters. The standard InChI is InChI=1S/C18H31N3O4.2ClH/c1-13-11-21(16(23)3-8-19-13)14(17(24)25-2)4-9-20-10-7-18(5-6-18)15(22)12-20;;/h13-15,19,22H,3-12H2,1-2H3;2*1H. The van der Waals surface area contributed by atoms with Gasteiger partial charge >= 0.3 is 5.97 Å². The van der Waals surface area contributed by atoms with E-state index in [1.807, 2.05) is 6.92 Å². The van der Waals surface area contributed by atoms with Crippen molar-refractivity contribution in [1.82, 2.24) is 15.1 Å². The Morgan fingerprint density at radius 2 is 2.04 bits per heavy atom. The van der Waals surface area contributed by atoms with Crippen LogP contribution in [0.2, 0.25) is 0 Å². The lowest BCUT2D eigenvalue weighted by Crippen LogP contribution is -2.51. The van der Waals surface area contributed by atoms with Crippen LogP contribution in [-0.4, -0.2) is 84.8 Å². The topological polar surface area (TPSA) is 82.1 Å². The fourth-order valence-corrected chi connectivity index (χ4v) is 4.20. The number of methoxy groups -OCH3 is 1. The number of halogens is 2. The summed E-state index contributed by atoms with van der Waals surface area (Å²) in [5.41, 5.74) is 0.181. The molecule has 0 aromatic heterocycles. The molecule has 9 heteroatoms. The molecule has 2 heterocycles. The molecule has 1 spiro atoms. The fraction of sp³-hybridized carbons (Fsp3) is 0.889. The van der Waals surface area contributed by atoms with E-state index in [9.17, 15) is 14.7 Å². The van der Waals surface area contributed by atoms with Gasteiger partial charge in [0, 0.05) is 38.6 Å². The molecule has 3 atom stereocenters. The summed E-state index contributed by atoms with van der Waals surface area (Å²) < 4.78 is 4.97. The Hall–Kier alpha value is -0.600. The summed E-state index contributed by atoms with van der Waals surface area (Å²) in [6.45, 7) is 5.50. The number of hydrogen-bond donors (Lipinski definition) is 2. The molecule has 1 saturated carbocycles. The summed E-state index contributed by atoms with van der Waals surface area (Å²) in [5.74, 6) is -0.346. The second kappa shape index (κ2) is 10.3. The van der Waals surface area contributed by atoms with Crippen molar-refractivity contribution in [3.8, 4) is 0 Å². The number of likely N-dealkylation sites (tertiary alicyclic amines) is 1. The number of ether oxygens (including phenoxy) is 1. The number of rotatable bonds is 5. The zero-order valence-electron chi connectivity index (χ0n) is 16.2. The van der Waals surface area contributed by atoms with Crippen molar-refractivity contribution in [1.29, 1.82) is 0 Å². The number of nitrogens with one attached hydrogen (secondary N) is 1. The molecule has 3 fully saturated rings. The van der Waals surface area contributed by atoms with E-state index in [4.69, 9.17) is 4.74 Å². The fourth-order valence-electron chi connectivity index (χ4n) is 4.20. The van der Waals surface area contributed by atoms with E-state index in [1.165, 1.54) is 7.11 Å². The van der Waals surface area contributed by atoms with Gasteiger partial charge < -0.3 is 25.0 Å². The zero-order valence-corrected chi connectivity index (χ0v) is 17.8. The maximum Gasteiger partial charge on any atom is 0.328 e. The summed E-state index contributed by atoms with van der Waals surface area (Å²) in [7, 11) is 1.38. The summed E-state index contributed by atoms with van der Waals surface area (Å²) in [4.78, 5) is 28.7. The van der Waals surface area contributed by atoms with Crippen molar-refractivity contribution in [3.05, 3.63) is 0 Å². The number of esters is 1. The molecule has 3 aliphatic rings. The Kier molecular flexibility index (Phi) is 9.28. The van der Waals surface area contributed by atoms with Gasteiger partial charge in [-0.3, -0.25) is 4.79 Å². The Bertz CT molecular complexity index is 519. The Labute approximate surface area is 174 Å². The largest absolute Gasteiger partial charge is 0.467 e. The minimum Gasteiger partial charge on any atom is -0.467 e. The minimum absolute atomic E-state index is 0. The summed E-state index contributed by atoms with van der Waals surface area (Å²) in [5, 5.41) is 13.6. The van der Waals surface area contributed by atoms with Crippen molar-refractivity contribution in [2.24, 2.45) is 5.41 Å². The molecule has 3 rings (SSSR count). The summed E-state index contributed by atoms with van der Waals surface area (Å²) >= 11 is 0. The van der Waals surface area contributed by atoms with Crippen LogP contribution in [0.4, 0.5) is 0 Å². The van der Waals surface area contributed by atoms with Gasteiger partial charge in [-0.25, -0.2) is 4.79 Å². The highest BCUT2D eigenvalue weighted by atomic mass is 35.5. The van der Waals surface area contributed by atoms with Crippen LogP contribution in [0, 0.1) is 5.41 Å². The van der Waals surface area contributed by atoms with Gasteiger partial charge in [-0.2, -0.15) is 0 Å². The van der Waals surface area contributed by atoms with Crippen LogP contribution in [0.1, 0.15) is 39.0 Å². The van der Waals surface area contributed by atoms with Gasteiger partial charge in [0.2, 0.25) is 5.91 Å². The van der Waals surface area contributed by atoms with Crippen LogP contribution in [-0.2, 0) is 14.3 Å². The number of aliphatic hydroxyl groups excluding tert-OH is 1. The second-order valence-electron chi connectivity index (χ2n) is 7.91. The number of carbonyl (C=O) groups is 2. The predicted octanol–water partition coefficient (Wildman–Crippen LogP) is 0.819. The maximum atomic E-state index is 12.4. The molecule has 27 heavy (non-hydrogen) atoms. The monoisotopic (exact) mass is 425 g/mol. The third kappa shape index (κ3) is 5.70. The molecule has 158 valence electrons. The first-order valence-electron chi connectivity index (χ1n) is 9.46. The number of β-amino-alcohol motifs (C(OH)–C–C–N with tert-alkyl or cyclic N) is 1. The first kappa shape index (κ1) is 24.4. The lowest BCUT2D eigenvalue weighted by Gasteiger charge is -2.37. The van der Waals surface area contributed by atoms with Crippen molar-refractivity contribution in [2.45, 2.75) is 57.2 Å². The van der Waals surface area contributed by atoms with E-state index in [0.717, 1.165) is 25.8 Å². The molecule has 0 radical (unpaired) electrons. The van der Waals surface area contributed by atoms with Gasteiger partial charge in [0.1, 0.15) is 6.04 Å². The summed E-state index contributed by atoms with van der Waals surface area (Å²) in [6, 6.07) is -0.390. The van der Waals surface area contributed by atoms with Crippen LogP contribution in [0.5, 0.6) is 0 Å². The quantitative estimate of drug-likeness (QED) is 0.634. The van der Waals surface area contributed by atoms with Crippen molar-refractivity contribution in [3.63, 3.8) is 0 Å². The molecule has 2 aliphatic heterocycles. The van der Waals surface area contributed by atoms with Crippen LogP contribution in [0.25, 0.3) is 0 Å². The predicted molar refractivity (Wildman–Crippen MR) is 107 cm³/mol. The molecule has 0 bridgehead atoms. The molecule has 1 amide bonds. The third-order valence-corrected chi connectivity index (χ3v) is 6.15. The van der Waals surface area contributed by atoms with Gasteiger partial charge in [-0.05, 0) is 44.6 Å². The lowest BCUT2D eigenvalue weighted by atomic mass is 9.90. The normalized spacial score (nSPS) is 28.6. The number of aliphatic hydroxyl groups is 1. The van der Waals surface area contributed by atoms with Crippen molar-refractivity contribution < 1.29 is 19.4 Å². The molecule has 0 aromatic rings. The number of carbonyl (C=O) groups excluding carboxylic acids is 2. The van der Waals surface area contributed by atoms with E-state index in [0.29, 0.717) is 39.0 Å². The second-order valence-corrected chi connectivity index (χ2v) is 7.91. The molecule has 2 saturated heterocycles. The Morgan fingerprint density at radius 3 is 2.63 bits per heavy atom. The SMILES string of the molecule is COC(=O)C(CCN1CCC2(CC2)C(O)C1)N1CC(C)NCCC1=O.Cl.Cl. The van der Waals surface area contributed by atoms with E-state index >= 15 is 0 Å². The molecule has 0 aromatic carbocycles. The van der Waals surface area contributed by atoms with Crippen molar-refractivity contribution >= 4 is 36.7 Å². The van der Waals surface area contributed by atoms with Crippen LogP contribution >= 0.6 is 24.8 Å². The van der Waals surface area contributed by atoms with Gasteiger partial charge in [-0.1, -0.05) is 0 Å². The first-order chi connectivity index (χ1) is 11.9. The smallest absolute Gasteiger partial charge is 0.328 e. The zero-order chi connectivity index (χ0) is 18.0. The Balaban J connectivity index is 0.00000182. The number of piperidine rings is 1. The van der Waals surface area contributed by atoms with Gasteiger partial charge in [0.05, 0.1) is 13.2 Å². The maximum absolute atomic E-state index is 12.4. The van der Waals surface area contributed by atoms with E-state index in [1.54, 1.807) is 4.90 Å². The number of amides is 1. The molecule has 7 nitrogen and oxygen atoms in total. The van der Waals surface area contributed by atoms with E-state index in [2.05, 4.69) is 10.2 Å². The number of hydrogen-bond acceptors (Lipinski definition) is 6. The highest BCUT2D eigenvalue weighted by molar-refractivity contribution is 5.86. The van der Waals surface area contributed by atoms with Crippen LogP contribution in [0.3, 0.4) is 0 Å². The Morgan fingerprint density at radius 1 is 1.33 bits per heavy atom. The van der Waals surface area contributed by atoms with Gasteiger partial charge in [-0.15, -0.1) is 24.8 Å². The molecule has 1 aliphatic carbocycles. The molecular weight excluding hydrogens is 393 g/mol. The average molecular weight is 426 g/mol. The van der Waals surface area contributed by atoms with Crippen molar-refractivity contribution in [2.75, 3.05) is 39.8 Å². The molecule has 2 N–H and O–H groups in total. The molecular formula is C18H33Cl2N3O4. The highest BCUT2D eigenvalue weighted by Crippen LogP contribution is 2.53. The van der Waals surface area contributed by atoms with Gasteiger partial charge in [0.15, 0.2) is 0 Å². The van der Waals surface area contributed by atoms with Crippen LogP contribution < -0.4 is 5.32 Å². The van der Waals surface area contributed by atoms with Crippen LogP contribution in [0.15, 0.2) is 0 Å². The minimum atomic E-state index is -0.547. The number of nitrogens with zero attached hydrogens (tertiary/aromatic N) is 2. The van der Waals surface area contributed by atoms with E-state index < -0.39 is 6.04 Å². The van der Waals surface area contributed by atoms with Gasteiger partial charge in [0.25, 0.3) is 0 Å². The van der Waals surface area contributed by atoms with E-state index in [-0.39, 0.29) is 54.3 Å². The third-order valence-electron chi connectivity index (χ3n) is 6.15.